The number of benzene rings is 2. The van der Waals surface area contributed by atoms with E-state index in [1.807, 2.05) is 24.3 Å². The SMILES string of the molecule is COc1ccc(-c2ncnn2-c2ccc(Br)cc2F)cc1. The Labute approximate surface area is 129 Å². The molecule has 0 radical (unpaired) electrons. The smallest absolute Gasteiger partial charge is 0.163 e. The maximum absolute atomic E-state index is 14.1. The van der Waals surface area contributed by atoms with Crippen LogP contribution in [-0.4, -0.2) is 21.9 Å². The van der Waals surface area contributed by atoms with E-state index in [9.17, 15) is 4.39 Å². The molecule has 0 saturated heterocycles. The first-order valence-electron chi connectivity index (χ1n) is 6.19. The third kappa shape index (κ3) is 2.67. The molecule has 0 amide bonds. The van der Waals surface area contributed by atoms with Gasteiger partial charge in [-0.1, -0.05) is 15.9 Å². The van der Waals surface area contributed by atoms with Gasteiger partial charge in [-0.15, -0.1) is 0 Å². The van der Waals surface area contributed by atoms with Crippen LogP contribution < -0.4 is 4.74 Å². The van der Waals surface area contributed by atoms with Gasteiger partial charge in [0.15, 0.2) is 5.82 Å². The molecule has 0 fully saturated rings. The summed E-state index contributed by atoms with van der Waals surface area (Å²) in [5.74, 6) is 0.947. The molecule has 0 aliphatic heterocycles. The molecule has 1 heterocycles. The van der Waals surface area contributed by atoms with E-state index in [1.165, 1.54) is 17.1 Å². The highest BCUT2D eigenvalue weighted by Crippen LogP contribution is 2.25. The molecule has 21 heavy (non-hydrogen) atoms. The first-order valence-corrected chi connectivity index (χ1v) is 6.98. The highest BCUT2D eigenvalue weighted by Gasteiger charge is 2.13. The lowest BCUT2D eigenvalue weighted by Gasteiger charge is -2.08. The first kappa shape index (κ1) is 13.8. The predicted molar refractivity (Wildman–Crippen MR) is 81.0 cm³/mol. The highest BCUT2D eigenvalue weighted by molar-refractivity contribution is 9.10. The van der Waals surface area contributed by atoms with Gasteiger partial charge in [0.2, 0.25) is 0 Å². The summed E-state index contributed by atoms with van der Waals surface area (Å²) in [5, 5.41) is 4.11. The van der Waals surface area contributed by atoms with Gasteiger partial charge in [0, 0.05) is 10.0 Å². The summed E-state index contributed by atoms with van der Waals surface area (Å²) in [5.41, 5.74) is 1.18. The van der Waals surface area contributed by atoms with E-state index in [2.05, 4.69) is 26.0 Å². The lowest BCUT2D eigenvalue weighted by atomic mass is 10.2. The molecule has 0 bridgehead atoms. The van der Waals surface area contributed by atoms with Crippen LogP contribution in [0.15, 0.2) is 53.3 Å². The molecule has 0 aliphatic rings. The van der Waals surface area contributed by atoms with E-state index < -0.39 is 0 Å². The third-order valence-electron chi connectivity index (χ3n) is 3.03. The molecule has 3 rings (SSSR count). The van der Waals surface area contributed by atoms with Gasteiger partial charge >= 0.3 is 0 Å². The number of nitrogens with zero attached hydrogens (tertiary/aromatic N) is 3. The number of hydrogen-bond donors (Lipinski definition) is 0. The number of hydrogen-bond acceptors (Lipinski definition) is 3. The van der Waals surface area contributed by atoms with Crippen molar-refractivity contribution in [2.24, 2.45) is 0 Å². The van der Waals surface area contributed by atoms with Gasteiger partial charge in [0.05, 0.1) is 7.11 Å². The average molecular weight is 348 g/mol. The number of halogens is 2. The lowest BCUT2D eigenvalue weighted by Crippen LogP contribution is -2.02. The van der Waals surface area contributed by atoms with Crippen molar-refractivity contribution in [3.63, 3.8) is 0 Å². The minimum absolute atomic E-state index is 0.349. The normalized spacial score (nSPS) is 10.6. The summed E-state index contributed by atoms with van der Waals surface area (Å²) < 4.78 is 21.4. The molecule has 1 aromatic heterocycles. The van der Waals surface area contributed by atoms with Crippen LogP contribution in [0.3, 0.4) is 0 Å². The summed E-state index contributed by atoms with van der Waals surface area (Å²) in [6.07, 6.45) is 1.40. The number of rotatable bonds is 3. The number of aromatic nitrogens is 3. The second-order valence-electron chi connectivity index (χ2n) is 4.32. The fourth-order valence-electron chi connectivity index (χ4n) is 2.01. The summed E-state index contributed by atoms with van der Waals surface area (Å²) in [4.78, 5) is 4.21. The van der Waals surface area contributed by atoms with Crippen LogP contribution >= 0.6 is 15.9 Å². The summed E-state index contributed by atoms with van der Waals surface area (Å²) in [6, 6.07) is 12.2. The Bertz CT molecular complexity index is 771. The molecule has 0 saturated carbocycles. The van der Waals surface area contributed by atoms with Crippen molar-refractivity contribution in [2.75, 3.05) is 7.11 Å². The van der Waals surface area contributed by atoms with Crippen molar-refractivity contribution in [1.29, 1.82) is 0 Å². The Morgan fingerprint density at radius 2 is 1.90 bits per heavy atom. The third-order valence-corrected chi connectivity index (χ3v) is 3.53. The molecule has 3 aromatic rings. The Kier molecular flexibility index (Phi) is 3.70. The van der Waals surface area contributed by atoms with Gasteiger partial charge < -0.3 is 4.74 Å². The summed E-state index contributed by atoms with van der Waals surface area (Å²) >= 11 is 3.24. The minimum atomic E-state index is -0.371. The zero-order chi connectivity index (χ0) is 14.8. The van der Waals surface area contributed by atoms with E-state index >= 15 is 0 Å². The van der Waals surface area contributed by atoms with E-state index in [4.69, 9.17) is 4.74 Å². The van der Waals surface area contributed by atoms with Crippen LogP contribution in [0.5, 0.6) is 5.75 Å². The maximum Gasteiger partial charge on any atom is 0.163 e. The molecule has 4 nitrogen and oxygen atoms in total. The second kappa shape index (κ2) is 5.65. The number of ether oxygens (including phenoxy) is 1. The van der Waals surface area contributed by atoms with Crippen LogP contribution in [0, 0.1) is 5.82 Å². The minimum Gasteiger partial charge on any atom is -0.497 e. The maximum atomic E-state index is 14.1. The van der Waals surface area contributed by atoms with Gasteiger partial charge in [-0.3, -0.25) is 0 Å². The monoisotopic (exact) mass is 347 g/mol. The largest absolute Gasteiger partial charge is 0.497 e. The zero-order valence-corrected chi connectivity index (χ0v) is 12.7. The van der Waals surface area contributed by atoms with Crippen molar-refractivity contribution in [2.45, 2.75) is 0 Å². The lowest BCUT2D eigenvalue weighted by molar-refractivity contribution is 0.415. The molecule has 0 aliphatic carbocycles. The van der Waals surface area contributed by atoms with Crippen LogP contribution in [0.25, 0.3) is 17.1 Å². The van der Waals surface area contributed by atoms with E-state index in [0.717, 1.165) is 11.3 Å². The van der Waals surface area contributed by atoms with Crippen LogP contribution in [0.4, 0.5) is 4.39 Å². The van der Waals surface area contributed by atoms with Crippen molar-refractivity contribution < 1.29 is 9.13 Å². The molecule has 6 heteroatoms. The van der Waals surface area contributed by atoms with E-state index in [0.29, 0.717) is 16.0 Å². The van der Waals surface area contributed by atoms with Crippen molar-refractivity contribution in [3.05, 3.63) is 59.1 Å². The van der Waals surface area contributed by atoms with E-state index in [1.54, 1.807) is 19.2 Å². The second-order valence-corrected chi connectivity index (χ2v) is 5.24. The van der Waals surface area contributed by atoms with Crippen molar-refractivity contribution >= 4 is 15.9 Å². The van der Waals surface area contributed by atoms with Crippen LogP contribution in [0.1, 0.15) is 0 Å². The summed E-state index contributed by atoms with van der Waals surface area (Å²) in [7, 11) is 1.61. The van der Waals surface area contributed by atoms with Crippen LogP contribution in [0.2, 0.25) is 0 Å². The first-order chi connectivity index (χ1) is 10.2. The number of methoxy groups -OCH3 is 1. The molecule has 0 N–H and O–H groups in total. The molecule has 2 aromatic carbocycles. The predicted octanol–water partition coefficient (Wildman–Crippen LogP) is 3.84. The van der Waals surface area contributed by atoms with Crippen molar-refractivity contribution in [1.82, 2.24) is 14.8 Å². The zero-order valence-electron chi connectivity index (χ0n) is 11.1. The van der Waals surface area contributed by atoms with Gasteiger partial charge in [0.25, 0.3) is 0 Å². The van der Waals surface area contributed by atoms with Gasteiger partial charge in [-0.2, -0.15) is 5.10 Å². The van der Waals surface area contributed by atoms with Gasteiger partial charge in [-0.25, -0.2) is 14.1 Å². The van der Waals surface area contributed by atoms with Gasteiger partial charge in [0.1, 0.15) is 23.6 Å². The molecular formula is C15H11BrFN3O. The average Bonchev–Trinajstić information content (AvgIpc) is 2.96. The Morgan fingerprint density at radius 3 is 2.57 bits per heavy atom. The standard InChI is InChI=1S/C15H11BrFN3O/c1-21-12-5-2-10(3-6-12)15-18-9-19-20(15)14-7-4-11(16)8-13(14)17/h2-9H,1H3. The molecular weight excluding hydrogens is 337 g/mol. The quantitative estimate of drug-likeness (QED) is 0.722. The fraction of sp³-hybridized carbons (Fsp3) is 0.0667. The fourth-order valence-corrected chi connectivity index (χ4v) is 2.34. The molecule has 0 unspecified atom stereocenters. The Balaban J connectivity index is 2.07. The van der Waals surface area contributed by atoms with Gasteiger partial charge in [-0.05, 0) is 42.5 Å². The topological polar surface area (TPSA) is 39.9 Å². The molecule has 0 spiro atoms. The molecule has 106 valence electrons. The summed E-state index contributed by atoms with van der Waals surface area (Å²) in [6.45, 7) is 0. The Hall–Kier alpha value is -2.21. The van der Waals surface area contributed by atoms with E-state index in [-0.39, 0.29) is 5.82 Å². The highest BCUT2D eigenvalue weighted by atomic mass is 79.9. The van der Waals surface area contributed by atoms with Crippen LogP contribution in [-0.2, 0) is 0 Å². The Morgan fingerprint density at radius 1 is 1.14 bits per heavy atom. The van der Waals surface area contributed by atoms with Crippen molar-refractivity contribution in [3.8, 4) is 22.8 Å². The molecule has 0 atom stereocenters.